The van der Waals surface area contributed by atoms with E-state index in [-0.39, 0.29) is 12.4 Å². The van der Waals surface area contributed by atoms with Crippen LogP contribution in [-0.2, 0) is 6.61 Å². The molecule has 0 bridgehead atoms. The van der Waals surface area contributed by atoms with Crippen molar-refractivity contribution in [2.45, 2.75) is 6.61 Å². The van der Waals surface area contributed by atoms with Gasteiger partial charge in [-0.15, -0.1) is 0 Å². The first-order valence-corrected chi connectivity index (χ1v) is 10.3. The van der Waals surface area contributed by atoms with Gasteiger partial charge in [0.05, 0.1) is 0 Å². The first-order valence-electron chi connectivity index (χ1n) is 10.3. The van der Waals surface area contributed by atoms with Gasteiger partial charge < -0.3 is 14.2 Å². The second-order valence-corrected chi connectivity index (χ2v) is 7.54. The third kappa shape index (κ3) is 5.32. The number of carbonyl (C=O) groups excluding carboxylic acids is 1. The van der Waals surface area contributed by atoms with Gasteiger partial charge in [-0.25, -0.2) is 0 Å². The summed E-state index contributed by atoms with van der Waals surface area (Å²) < 4.78 is 11.2. The van der Waals surface area contributed by atoms with Crippen molar-refractivity contribution in [2.75, 3.05) is 19.0 Å². The molecule has 0 saturated carbocycles. The van der Waals surface area contributed by atoms with Crippen LogP contribution in [0, 0.1) is 0 Å². The van der Waals surface area contributed by atoms with Gasteiger partial charge in [0.15, 0.2) is 11.5 Å². The molecule has 1 heterocycles. The molecule has 3 aromatic carbocycles. The summed E-state index contributed by atoms with van der Waals surface area (Å²) in [6, 6.07) is 26.8. The van der Waals surface area contributed by atoms with Crippen LogP contribution in [-0.4, -0.2) is 25.0 Å². The van der Waals surface area contributed by atoms with Gasteiger partial charge in [-0.3, -0.25) is 4.79 Å². The number of hydrogen-bond donors (Lipinski definition) is 0. The number of aromatic nitrogens is 1. The maximum atomic E-state index is 12.4. The van der Waals surface area contributed by atoms with Gasteiger partial charge in [0.25, 0.3) is 0 Å². The number of ether oxygens (including phenoxy) is 1. The quantitative estimate of drug-likeness (QED) is 0.261. The van der Waals surface area contributed by atoms with Crippen LogP contribution in [0.25, 0.3) is 17.3 Å². The zero-order valence-corrected chi connectivity index (χ0v) is 18.1. The van der Waals surface area contributed by atoms with Crippen molar-refractivity contribution in [1.82, 2.24) is 5.16 Å². The summed E-state index contributed by atoms with van der Waals surface area (Å²) in [4.78, 5) is 14.4. The molecule has 0 saturated heterocycles. The summed E-state index contributed by atoms with van der Waals surface area (Å²) >= 11 is 0. The van der Waals surface area contributed by atoms with Crippen molar-refractivity contribution in [1.29, 1.82) is 0 Å². The van der Waals surface area contributed by atoms with Crippen LogP contribution in [0.1, 0.15) is 21.7 Å². The third-order valence-electron chi connectivity index (χ3n) is 4.99. The number of hydrogen-bond acceptors (Lipinski definition) is 5. The highest BCUT2D eigenvalue weighted by molar-refractivity contribution is 6.06. The molecule has 0 aliphatic heterocycles. The molecule has 0 fully saturated rings. The highest BCUT2D eigenvalue weighted by Crippen LogP contribution is 2.23. The second-order valence-electron chi connectivity index (χ2n) is 7.54. The molecule has 0 aliphatic rings. The fraction of sp³-hybridized carbons (Fsp3) is 0.111. The monoisotopic (exact) mass is 424 g/mol. The summed E-state index contributed by atoms with van der Waals surface area (Å²) in [5.41, 5.74) is 4.46. The molecular weight excluding hydrogens is 400 g/mol. The smallest absolute Gasteiger partial charge is 0.185 e. The van der Waals surface area contributed by atoms with Crippen molar-refractivity contribution < 1.29 is 14.1 Å². The Balaban J connectivity index is 1.33. The molecule has 0 atom stereocenters. The topological polar surface area (TPSA) is 55.6 Å². The molecule has 4 aromatic rings. The van der Waals surface area contributed by atoms with E-state index in [0.29, 0.717) is 17.1 Å². The van der Waals surface area contributed by atoms with E-state index in [0.717, 1.165) is 22.5 Å². The summed E-state index contributed by atoms with van der Waals surface area (Å²) in [6.45, 7) is 0.254. The minimum Gasteiger partial charge on any atom is -0.486 e. The normalized spacial score (nSPS) is 10.9. The minimum atomic E-state index is -0.0550. The zero-order valence-electron chi connectivity index (χ0n) is 18.1. The van der Waals surface area contributed by atoms with E-state index in [1.54, 1.807) is 30.3 Å². The summed E-state index contributed by atoms with van der Waals surface area (Å²) in [6.07, 6.45) is 3.38. The standard InChI is InChI=1S/C27H24N2O3/c1-29(2)23-13-9-21(10-14-23)26-18-25(32-28-26)19-31-24-15-11-22(12-16-24)27(30)17-8-20-6-4-3-5-7-20/h3-18H,19H2,1-2H3/b17-8+. The number of nitrogens with zero attached hydrogens (tertiary/aromatic N) is 2. The zero-order chi connectivity index (χ0) is 22.3. The molecule has 0 spiro atoms. The van der Waals surface area contributed by atoms with E-state index >= 15 is 0 Å². The fourth-order valence-electron chi connectivity index (χ4n) is 3.15. The van der Waals surface area contributed by atoms with E-state index < -0.39 is 0 Å². The lowest BCUT2D eigenvalue weighted by Crippen LogP contribution is -2.07. The lowest BCUT2D eigenvalue weighted by atomic mass is 10.1. The molecular formula is C27H24N2O3. The Morgan fingerprint density at radius 3 is 2.38 bits per heavy atom. The van der Waals surface area contributed by atoms with Crippen LogP contribution in [0.3, 0.4) is 0 Å². The lowest BCUT2D eigenvalue weighted by molar-refractivity contribution is 0.104. The Hall–Kier alpha value is -4.12. The first kappa shape index (κ1) is 21.1. The lowest BCUT2D eigenvalue weighted by Gasteiger charge is -2.11. The highest BCUT2D eigenvalue weighted by atomic mass is 16.5. The first-order chi connectivity index (χ1) is 15.6. The van der Waals surface area contributed by atoms with Crippen molar-refractivity contribution in [3.8, 4) is 17.0 Å². The van der Waals surface area contributed by atoms with Gasteiger partial charge in [-0.1, -0.05) is 53.7 Å². The maximum absolute atomic E-state index is 12.4. The Kier molecular flexibility index (Phi) is 6.46. The van der Waals surface area contributed by atoms with Gasteiger partial charge in [-0.05, 0) is 48.0 Å². The molecule has 0 amide bonds. The van der Waals surface area contributed by atoms with Gasteiger partial charge in [0, 0.05) is 37.0 Å². The number of anilines is 1. The van der Waals surface area contributed by atoms with E-state index in [9.17, 15) is 4.79 Å². The number of ketones is 1. The van der Waals surface area contributed by atoms with Crippen LogP contribution in [0.4, 0.5) is 5.69 Å². The fourth-order valence-corrected chi connectivity index (χ4v) is 3.15. The predicted octanol–water partition coefficient (Wildman–Crippen LogP) is 5.88. The number of rotatable bonds is 8. The highest BCUT2D eigenvalue weighted by Gasteiger charge is 2.08. The number of benzene rings is 3. The van der Waals surface area contributed by atoms with Crippen LogP contribution in [0.5, 0.6) is 5.75 Å². The Bertz CT molecular complexity index is 1190. The number of carbonyl (C=O) groups is 1. The molecule has 0 aliphatic carbocycles. The van der Waals surface area contributed by atoms with E-state index in [1.165, 1.54) is 0 Å². The molecule has 0 radical (unpaired) electrons. The molecule has 0 N–H and O–H groups in total. The average Bonchev–Trinajstić information content (AvgIpc) is 3.31. The Morgan fingerprint density at radius 1 is 0.969 bits per heavy atom. The molecule has 0 unspecified atom stereocenters. The van der Waals surface area contributed by atoms with E-state index in [1.807, 2.05) is 85.7 Å². The molecule has 5 heteroatoms. The van der Waals surface area contributed by atoms with Gasteiger partial charge in [-0.2, -0.15) is 0 Å². The van der Waals surface area contributed by atoms with Crippen LogP contribution in [0.2, 0.25) is 0 Å². The van der Waals surface area contributed by atoms with Crippen molar-refractivity contribution >= 4 is 17.5 Å². The van der Waals surface area contributed by atoms with E-state index in [2.05, 4.69) is 5.16 Å². The minimum absolute atomic E-state index is 0.0550. The predicted molar refractivity (Wildman–Crippen MR) is 127 cm³/mol. The molecule has 160 valence electrons. The number of allylic oxidation sites excluding steroid dienone is 1. The molecule has 4 rings (SSSR count). The molecule has 1 aromatic heterocycles. The summed E-state index contributed by atoms with van der Waals surface area (Å²) in [7, 11) is 4.01. The summed E-state index contributed by atoms with van der Waals surface area (Å²) in [5.74, 6) is 1.23. The van der Waals surface area contributed by atoms with Crippen molar-refractivity contribution in [3.05, 3.63) is 108 Å². The van der Waals surface area contributed by atoms with Crippen LogP contribution < -0.4 is 9.64 Å². The van der Waals surface area contributed by atoms with Gasteiger partial charge >= 0.3 is 0 Å². The largest absolute Gasteiger partial charge is 0.486 e. The maximum Gasteiger partial charge on any atom is 0.185 e. The average molecular weight is 425 g/mol. The van der Waals surface area contributed by atoms with E-state index in [4.69, 9.17) is 9.26 Å². The summed E-state index contributed by atoms with van der Waals surface area (Å²) in [5, 5.41) is 4.14. The van der Waals surface area contributed by atoms with Gasteiger partial charge in [0.1, 0.15) is 18.1 Å². The SMILES string of the molecule is CN(C)c1ccc(-c2cc(COc3ccc(C(=O)/C=C/c4ccccc4)cc3)on2)cc1. The van der Waals surface area contributed by atoms with Crippen molar-refractivity contribution in [2.24, 2.45) is 0 Å². The third-order valence-corrected chi connectivity index (χ3v) is 4.99. The van der Waals surface area contributed by atoms with Crippen molar-refractivity contribution in [3.63, 3.8) is 0 Å². The Morgan fingerprint density at radius 2 is 1.69 bits per heavy atom. The van der Waals surface area contributed by atoms with Gasteiger partial charge in [0.2, 0.25) is 0 Å². The second kappa shape index (κ2) is 9.79. The Labute approximate surface area is 187 Å². The molecule has 5 nitrogen and oxygen atoms in total. The van der Waals surface area contributed by atoms with Crippen LogP contribution >= 0.6 is 0 Å². The van der Waals surface area contributed by atoms with Crippen LogP contribution in [0.15, 0.2) is 95.5 Å². The molecule has 32 heavy (non-hydrogen) atoms.